The van der Waals surface area contributed by atoms with E-state index in [9.17, 15) is 0 Å². The molecule has 0 unspecified atom stereocenters. The first-order chi connectivity index (χ1) is 8.06. The number of benzene rings is 1. The molecule has 90 valence electrons. The molecule has 1 aromatic carbocycles. The highest BCUT2D eigenvalue weighted by molar-refractivity contribution is 5.41. The Morgan fingerprint density at radius 2 is 1.94 bits per heavy atom. The molecule has 1 heterocycles. The molecule has 0 fully saturated rings. The van der Waals surface area contributed by atoms with Gasteiger partial charge in [0.05, 0.1) is 11.4 Å². The van der Waals surface area contributed by atoms with E-state index in [1.54, 1.807) is 0 Å². The molecular weight excluding hydrogens is 208 g/mol. The number of hydrogen-bond acceptors (Lipinski definition) is 1. The van der Waals surface area contributed by atoms with E-state index in [0.717, 1.165) is 6.42 Å². The van der Waals surface area contributed by atoms with Gasteiger partial charge >= 0.3 is 0 Å². The van der Waals surface area contributed by atoms with Crippen molar-refractivity contribution in [3.8, 4) is 5.69 Å². The molecule has 17 heavy (non-hydrogen) atoms. The third kappa shape index (κ3) is 2.76. The Labute approximate surface area is 103 Å². The lowest BCUT2D eigenvalue weighted by molar-refractivity contribution is 0.628. The maximum atomic E-state index is 4.63. The van der Waals surface area contributed by atoms with Gasteiger partial charge in [0.2, 0.25) is 0 Å². The molecule has 0 spiro atoms. The van der Waals surface area contributed by atoms with Gasteiger partial charge in [0.1, 0.15) is 0 Å². The minimum Gasteiger partial charge on any atom is -0.240 e. The first-order valence-corrected chi connectivity index (χ1v) is 6.18. The second-order valence-electron chi connectivity index (χ2n) is 5.14. The lowest BCUT2D eigenvalue weighted by atomic mass is 10.1. The standard InChI is InChI=1S/C15H20N2/c1-11(2)9-14-7-8-17(16-14)15-6-5-12(3)10-13(15)4/h5-8,10-11H,9H2,1-4H3. The second-order valence-corrected chi connectivity index (χ2v) is 5.14. The Bertz CT molecular complexity index is 509. The highest BCUT2D eigenvalue weighted by Crippen LogP contribution is 2.16. The molecule has 0 N–H and O–H groups in total. The van der Waals surface area contributed by atoms with Crippen LogP contribution in [0.4, 0.5) is 0 Å². The molecule has 2 heteroatoms. The van der Waals surface area contributed by atoms with Gasteiger partial charge < -0.3 is 0 Å². The summed E-state index contributed by atoms with van der Waals surface area (Å²) in [4.78, 5) is 0. The van der Waals surface area contributed by atoms with E-state index in [1.165, 1.54) is 22.5 Å². The largest absolute Gasteiger partial charge is 0.240 e. The lowest BCUT2D eigenvalue weighted by Gasteiger charge is -2.07. The zero-order valence-electron chi connectivity index (χ0n) is 11.1. The average molecular weight is 228 g/mol. The van der Waals surface area contributed by atoms with Crippen molar-refractivity contribution in [3.63, 3.8) is 0 Å². The molecule has 0 aliphatic carbocycles. The van der Waals surface area contributed by atoms with Crippen molar-refractivity contribution in [1.29, 1.82) is 0 Å². The Kier molecular flexibility index (Phi) is 3.32. The molecule has 2 aromatic rings. The average Bonchev–Trinajstić information content (AvgIpc) is 2.65. The molecule has 0 saturated carbocycles. The maximum absolute atomic E-state index is 4.63. The van der Waals surface area contributed by atoms with Crippen molar-refractivity contribution < 1.29 is 0 Å². The highest BCUT2D eigenvalue weighted by Gasteiger charge is 2.05. The van der Waals surface area contributed by atoms with Gasteiger partial charge in [-0.1, -0.05) is 31.5 Å². The normalized spacial score (nSPS) is 11.1. The number of aromatic nitrogens is 2. The van der Waals surface area contributed by atoms with Gasteiger partial charge in [-0.15, -0.1) is 0 Å². The van der Waals surface area contributed by atoms with E-state index < -0.39 is 0 Å². The highest BCUT2D eigenvalue weighted by atomic mass is 15.3. The first kappa shape index (κ1) is 11.9. The SMILES string of the molecule is Cc1ccc(-n2ccc(CC(C)C)n2)c(C)c1. The summed E-state index contributed by atoms with van der Waals surface area (Å²) in [5, 5.41) is 4.63. The Morgan fingerprint density at radius 1 is 1.18 bits per heavy atom. The molecule has 0 bridgehead atoms. The third-order valence-corrected chi connectivity index (χ3v) is 2.86. The van der Waals surface area contributed by atoms with Crippen molar-refractivity contribution in [2.45, 2.75) is 34.1 Å². The van der Waals surface area contributed by atoms with Gasteiger partial charge in [-0.2, -0.15) is 5.10 Å². The molecule has 1 aromatic heterocycles. The molecule has 0 atom stereocenters. The first-order valence-electron chi connectivity index (χ1n) is 6.18. The smallest absolute Gasteiger partial charge is 0.0674 e. The summed E-state index contributed by atoms with van der Waals surface area (Å²) in [5.74, 6) is 0.650. The van der Waals surface area contributed by atoms with E-state index in [-0.39, 0.29) is 0 Å². The van der Waals surface area contributed by atoms with Gasteiger partial charge in [-0.3, -0.25) is 0 Å². The van der Waals surface area contributed by atoms with Crippen LogP contribution in [-0.2, 0) is 6.42 Å². The zero-order chi connectivity index (χ0) is 12.4. The molecule has 2 nitrogen and oxygen atoms in total. The maximum Gasteiger partial charge on any atom is 0.0674 e. The number of rotatable bonds is 3. The predicted octanol–water partition coefficient (Wildman–Crippen LogP) is 3.69. The van der Waals surface area contributed by atoms with Gasteiger partial charge in [-0.25, -0.2) is 4.68 Å². The van der Waals surface area contributed by atoms with E-state index in [2.05, 4.69) is 63.3 Å². The molecule has 0 aliphatic rings. The summed E-state index contributed by atoms with van der Waals surface area (Å²) in [6, 6.07) is 8.57. The van der Waals surface area contributed by atoms with Crippen molar-refractivity contribution in [2.75, 3.05) is 0 Å². The number of aryl methyl sites for hydroxylation is 2. The van der Waals surface area contributed by atoms with Crippen molar-refractivity contribution in [3.05, 3.63) is 47.3 Å². The van der Waals surface area contributed by atoms with Crippen LogP contribution in [0.2, 0.25) is 0 Å². The van der Waals surface area contributed by atoms with Crippen LogP contribution in [0, 0.1) is 19.8 Å². The van der Waals surface area contributed by atoms with Gasteiger partial charge in [0, 0.05) is 6.20 Å². The second kappa shape index (κ2) is 4.74. The zero-order valence-corrected chi connectivity index (χ0v) is 11.1. The Hall–Kier alpha value is -1.57. The molecule has 2 rings (SSSR count). The number of nitrogens with zero attached hydrogens (tertiary/aromatic N) is 2. The molecule has 0 aliphatic heterocycles. The number of hydrogen-bond donors (Lipinski definition) is 0. The summed E-state index contributed by atoms with van der Waals surface area (Å²) in [5.41, 5.74) is 4.90. The van der Waals surface area contributed by atoms with Crippen LogP contribution >= 0.6 is 0 Å². The summed E-state index contributed by atoms with van der Waals surface area (Å²) in [6.07, 6.45) is 3.09. The van der Waals surface area contributed by atoms with Crippen LogP contribution in [0.15, 0.2) is 30.5 Å². The Morgan fingerprint density at radius 3 is 2.59 bits per heavy atom. The lowest BCUT2D eigenvalue weighted by Crippen LogP contribution is -2.00. The van der Waals surface area contributed by atoms with Crippen LogP contribution < -0.4 is 0 Å². The van der Waals surface area contributed by atoms with Crippen molar-refractivity contribution >= 4 is 0 Å². The van der Waals surface area contributed by atoms with E-state index in [0.29, 0.717) is 5.92 Å². The van der Waals surface area contributed by atoms with Crippen molar-refractivity contribution in [2.24, 2.45) is 5.92 Å². The van der Waals surface area contributed by atoms with Crippen LogP contribution in [0.3, 0.4) is 0 Å². The minimum atomic E-state index is 0.650. The van der Waals surface area contributed by atoms with E-state index >= 15 is 0 Å². The fraction of sp³-hybridized carbons (Fsp3) is 0.400. The predicted molar refractivity (Wildman–Crippen MR) is 71.6 cm³/mol. The van der Waals surface area contributed by atoms with Crippen LogP contribution in [0.25, 0.3) is 5.69 Å². The summed E-state index contributed by atoms with van der Waals surface area (Å²) >= 11 is 0. The minimum absolute atomic E-state index is 0.650. The fourth-order valence-electron chi connectivity index (χ4n) is 2.09. The van der Waals surface area contributed by atoms with E-state index in [4.69, 9.17) is 0 Å². The molecule has 0 radical (unpaired) electrons. The topological polar surface area (TPSA) is 17.8 Å². The fourth-order valence-corrected chi connectivity index (χ4v) is 2.09. The molecule has 0 amide bonds. The van der Waals surface area contributed by atoms with Gasteiger partial charge in [0.25, 0.3) is 0 Å². The van der Waals surface area contributed by atoms with Crippen molar-refractivity contribution in [1.82, 2.24) is 9.78 Å². The summed E-state index contributed by atoms with van der Waals surface area (Å²) in [7, 11) is 0. The molecule has 0 saturated heterocycles. The van der Waals surface area contributed by atoms with Crippen LogP contribution in [0.1, 0.15) is 30.7 Å². The summed E-state index contributed by atoms with van der Waals surface area (Å²) in [6.45, 7) is 8.68. The monoisotopic (exact) mass is 228 g/mol. The summed E-state index contributed by atoms with van der Waals surface area (Å²) < 4.78 is 1.98. The molecular formula is C15H20N2. The van der Waals surface area contributed by atoms with E-state index in [1.807, 2.05) is 4.68 Å². The quantitative estimate of drug-likeness (QED) is 0.783. The third-order valence-electron chi connectivity index (χ3n) is 2.86. The van der Waals surface area contributed by atoms with Gasteiger partial charge in [0.15, 0.2) is 0 Å². The van der Waals surface area contributed by atoms with Crippen LogP contribution in [-0.4, -0.2) is 9.78 Å². The van der Waals surface area contributed by atoms with Crippen LogP contribution in [0.5, 0.6) is 0 Å². The Balaban J connectivity index is 2.30. The van der Waals surface area contributed by atoms with Gasteiger partial charge in [-0.05, 0) is 43.9 Å².